The van der Waals surface area contributed by atoms with Gasteiger partial charge in [-0.1, -0.05) is 15.9 Å². The highest BCUT2D eigenvalue weighted by atomic mass is 79.9. The molecule has 0 aliphatic carbocycles. The molecule has 16 heavy (non-hydrogen) atoms. The molecule has 2 amide bonds. The fraction of sp³-hybridized carbons (Fsp3) is 0.273. The molecule has 0 saturated heterocycles. The molecule has 0 atom stereocenters. The molecule has 0 aromatic heterocycles. The molecule has 2 rings (SSSR count). The number of nitrogens with two attached hydrogens (primary N) is 1. The first-order valence-electron chi connectivity index (χ1n) is 4.94. The molecule has 0 radical (unpaired) electrons. The summed E-state index contributed by atoms with van der Waals surface area (Å²) in [6.07, 6.45) is 0.758. The highest BCUT2D eigenvalue weighted by Crippen LogP contribution is 2.22. The van der Waals surface area contributed by atoms with Gasteiger partial charge in [0.25, 0.3) is 5.91 Å². The first-order chi connectivity index (χ1) is 7.58. The van der Waals surface area contributed by atoms with E-state index >= 15 is 0 Å². The first-order valence-corrected chi connectivity index (χ1v) is 5.73. The Labute approximate surface area is 102 Å². The quantitative estimate of drug-likeness (QED) is 0.877. The van der Waals surface area contributed by atoms with Crippen LogP contribution in [-0.2, 0) is 11.2 Å². The minimum absolute atomic E-state index is 0.00562. The second-order valence-electron chi connectivity index (χ2n) is 3.74. The monoisotopic (exact) mass is 282 g/mol. The molecule has 1 aromatic rings. The van der Waals surface area contributed by atoms with Crippen molar-refractivity contribution in [1.82, 2.24) is 4.90 Å². The van der Waals surface area contributed by atoms with Gasteiger partial charge in [0.05, 0.1) is 6.54 Å². The van der Waals surface area contributed by atoms with Gasteiger partial charge in [0, 0.05) is 16.6 Å². The van der Waals surface area contributed by atoms with Crippen molar-refractivity contribution in [2.45, 2.75) is 6.42 Å². The Morgan fingerprint density at radius 2 is 2.25 bits per heavy atom. The maximum atomic E-state index is 12.0. The van der Waals surface area contributed by atoms with Crippen molar-refractivity contribution in [3.8, 4) is 0 Å². The van der Waals surface area contributed by atoms with Crippen LogP contribution in [0.25, 0.3) is 0 Å². The molecule has 0 bridgehead atoms. The summed E-state index contributed by atoms with van der Waals surface area (Å²) in [6, 6.07) is 5.54. The van der Waals surface area contributed by atoms with Crippen LogP contribution >= 0.6 is 15.9 Å². The zero-order valence-electron chi connectivity index (χ0n) is 8.57. The second-order valence-corrected chi connectivity index (χ2v) is 4.66. The van der Waals surface area contributed by atoms with Gasteiger partial charge in [0.2, 0.25) is 5.91 Å². The predicted molar refractivity (Wildman–Crippen MR) is 62.9 cm³/mol. The number of carbonyl (C=O) groups is 2. The van der Waals surface area contributed by atoms with Crippen molar-refractivity contribution in [3.05, 3.63) is 33.8 Å². The van der Waals surface area contributed by atoms with Crippen molar-refractivity contribution in [3.63, 3.8) is 0 Å². The molecular weight excluding hydrogens is 272 g/mol. The van der Waals surface area contributed by atoms with Gasteiger partial charge in [0.15, 0.2) is 0 Å². The van der Waals surface area contributed by atoms with E-state index in [4.69, 9.17) is 5.73 Å². The Bertz CT molecular complexity index is 459. The number of halogens is 1. The van der Waals surface area contributed by atoms with Crippen LogP contribution in [0.5, 0.6) is 0 Å². The number of rotatable bonds is 2. The largest absolute Gasteiger partial charge is 0.368 e. The van der Waals surface area contributed by atoms with Crippen LogP contribution in [0, 0.1) is 0 Å². The van der Waals surface area contributed by atoms with E-state index in [1.807, 2.05) is 12.1 Å². The smallest absolute Gasteiger partial charge is 0.254 e. The highest BCUT2D eigenvalue weighted by molar-refractivity contribution is 9.10. The molecule has 1 aromatic carbocycles. The van der Waals surface area contributed by atoms with E-state index in [0.29, 0.717) is 12.1 Å². The van der Waals surface area contributed by atoms with Gasteiger partial charge in [-0.25, -0.2) is 0 Å². The normalized spacial score (nSPS) is 14.8. The number of nitrogens with zero attached hydrogens (tertiary/aromatic N) is 1. The van der Waals surface area contributed by atoms with Crippen LogP contribution in [0.1, 0.15) is 15.9 Å². The number of fused-ring (bicyclic) bond motifs is 1. The Balaban J connectivity index is 2.29. The van der Waals surface area contributed by atoms with E-state index in [1.165, 1.54) is 4.90 Å². The lowest BCUT2D eigenvalue weighted by molar-refractivity contribution is -0.118. The van der Waals surface area contributed by atoms with Crippen LogP contribution in [0.15, 0.2) is 22.7 Å². The molecule has 5 heteroatoms. The number of hydrogen-bond acceptors (Lipinski definition) is 2. The fourth-order valence-electron chi connectivity index (χ4n) is 1.84. The van der Waals surface area contributed by atoms with Gasteiger partial charge in [0.1, 0.15) is 0 Å². The SMILES string of the molecule is NC(=O)CN1CCc2cc(Br)ccc2C1=O. The molecule has 84 valence electrons. The standard InChI is InChI=1S/C11H11BrN2O2/c12-8-1-2-9-7(5-8)3-4-14(11(9)16)6-10(13)15/h1-2,5H,3-4,6H2,(H2,13,15). The van der Waals surface area contributed by atoms with E-state index in [9.17, 15) is 9.59 Å². The Morgan fingerprint density at radius 1 is 1.50 bits per heavy atom. The third-order valence-corrected chi connectivity index (χ3v) is 3.08. The molecule has 0 spiro atoms. The summed E-state index contributed by atoms with van der Waals surface area (Å²) in [5, 5.41) is 0. The maximum Gasteiger partial charge on any atom is 0.254 e. The Hall–Kier alpha value is -1.36. The summed E-state index contributed by atoms with van der Waals surface area (Å²) in [5.41, 5.74) is 6.77. The molecule has 1 aliphatic heterocycles. The van der Waals surface area contributed by atoms with Crippen LogP contribution in [0.4, 0.5) is 0 Å². The van der Waals surface area contributed by atoms with Gasteiger partial charge in [-0.2, -0.15) is 0 Å². The lowest BCUT2D eigenvalue weighted by Gasteiger charge is -2.27. The van der Waals surface area contributed by atoms with Gasteiger partial charge in [-0.3, -0.25) is 9.59 Å². The van der Waals surface area contributed by atoms with E-state index in [1.54, 1.807) is 6.07 Å². The van der Waals surface area contributed by atoms with Crippen LogP contribution < -0.4 is 5.73 Å². The Morgan fingerprint density at radius 3 is 2.94 bits per heavy atom. The molecule has 0 fully saturated rings. The third-order valence-electron chi connectivity index (χ3n) is 2.58. The zero-order chi connectivity index (χ0) is 11.7. The summed E-state index contributed by atoms with van der Waals surface area (Å²) in [6.45, 7) is 0.541. The van der Waals surface area contributed by atoms with Gasteiger partial charge >= 0.3 is 0 Å². The van der Waals surface area contributed by atoms with Gasteiger partial charge < -0.3 is 10.6 Å². The number of carbonyl (C=O) groups excluding carboxylic acids is 2. The number of amides is 2. The second kappa shape index (κ2) is 4.25. The fourth-order valence-corrected chi connectivity index (χ4v) is 2.25. The third kappa shape index (κ3) is 2.09. The van der Waals surface area contributed by atoms with Crippen molar-refractivity contribution < 1.29 is 9.59 Å². The van der Waals surface area contributed by atoms with Crippen molar-refractivity contribution in [2.24, 2.45) is 5.73 Å². The average molecular weight is 283 g/mol. The minimum Gasteiger partial charge on any atom is -0.368 e. The predicted octanol–water partition coefficient (Wildman–Crippen LogP) is 0.933. The topological polar surface area (TPSA) is 63.4 Å². The molecule has 1 heterocycles. The van der Waals surface area contributed by atoms with Gasteiger partial charge in [-0.05, 0) is 30.2 Å². The van der Waals surface area contributed by atoms with Crippen molar-refractivity contribution in [2.75, 3.05) is 13.1 Å². The lowest BCUT2D eigenvalue weighted by atomic mass is 9.99. The van der Waals surface area contributed by atoms with Crippen LogP contribution in [-0.4, -0.2) is 29.8 Å². The minimum atomic E-state index is -0.478. The molecule has 2 N–H and O–H groups in total. The summed E-state index contributed by atoms with van der Waals surface area (Å²) in [4.78, 5) is 24.3. The van der Waals surface area contributed by atoms with E-state index in [-0.39, 0.29) is 12.5 Å². The van der Waals surface area contributed by atoms with Crippen LogP contribution in [0.2, 0.25) is 0 Å². The summed E-state index contributed by atoms with van der Waals surface area (Å²) in [5.74, 6) is -0.596. The maximum absolute atomic E-state index is 12.0. The van der Waals surface area contributed by atoms with E-state index in [0.717, 1.165) is 16.5 Å². The summed E-state index contributed by atoms with van der Waals surface area (Å²) >= 11 is 3.37. The van der Waals surface area contributed by atoms with E-state index in [2.05, 4.69) is 15.9 Å². The summed E-state index contributed by atoms with van der Waals surface area (Å²) < 4.78 is 0.961. The van der Waals surface area contributed by atoms with Crippen molar-refractivity contribution in [1.29, 1.82) is 0 Å². The highest BCUT2D eigenvalue weighted by Gasteiger charge is 2.24. The average Bonchev–Trinajstić information content (AvgIpc) is 2.22. The van der Waals surface area contributed by atoms with Crippen molar-refractivity contribution >= 4 is 27.7 Å². The van der Waals surface area contributed by atoms with E-state index < -0.39 is 5.91 Å². The molecule has 0 saturated carbocycles. The number of primary amides is 1. The summed E-state index contributed by atoms with van der Waals surface area (Å²) in [7, 11) is 0. The number of benzene rings is 1. The molecule has 0 unspecified atom stereocenters. The number of hydrogen-bond donors (Lipinski definition) is 1. The lowest BCUT2D eigenvalue weighted by Crippen LogP contribution is -2.42. The molecule has 4 nitrogen and oxygen atoms in total. The van der Waals surface area contributed by atoms with Crippen LogP contribution in [0.3, 0.4) is 0 Å². The molecule has 1 aliphatic rings. The molecular formula is C11H11BrN2O2. The zero-order valence-corrected chi connectivity index (χ0v) is 10.2. The Kier molecular flexibility index (Phi) is 2.96. The van der Waals surface area contributed by atoms with Gasteiger partial charge in [-0.15, -0.1) is 0 Å². The first kappa shape index (κ1) is 11.1.